The van der Waals surface area contributed by atoms with Crippen LogP contribution in [0.25, 0.3) is 11.3 Å². The van der Waals surface area contributed by atoms with E-state index in [1.165, 1.54) is 6.07 Å². The number of aromatic nitrogens is 2. The van der Waals surface area contributed by atoms with Gasteiger partial charge in [-0.05, 0) is 42.3 Å². The zero-order valence-electron chi connectivity index (χ0n) is 21.3. The fourth-order valence-electron chi connectivity index (χ4n) is 5.21. The van der Waals surface area contributed by atoms with Gasteiger partial charge in [0.05, 0.1) is 29.4 Å². The number of sulfone groups is 1. The zero-order valence-corrected chi connectivity index (χ0v) is 22.1. The van der Waals surface area contributed by atoms with E-state index in [2.05, 4.69) is 10.2 Å². The van der Waals surface area contributed by atoms with Gasteiger partial charge in [0.1, 0.15) is 0 Å². The van der Waals surface area contributed by atoms with Crippen molar-refractivity contribution >= 4 is 15.9 Å². The predicted molar refractivity (Wildman–Crippen MR) is 138 cm³/mol. The Kier molecular flexibility index (Phi) is 7.43. The minimum Gasteiger partial charge on any atom is -0.378 e. The standard InChI is InChI=1S/C27H29F3N4O4S/c1-39(36,37)23-7-5-18(6-8-23)20-13-21(17-34(16-20)26(35)33-9-11-38-12-10-33)25-15-24(31-32-25)19-3-2-4-22(14-19)27(28,29)30/h2-8,14-15,20-21H,9-13,16-17H2,1H3,(H,31,32). The molecule has 2 unspecified atom stereocenters. The van der Waals surface area contributed by atoms with Crippen molar-refractivity contribution in [3.8, 4) is 11.3 Å². The number of alkyl halides is 3. The molecule has 2 saturated heterocycles. The predicted octanol–water partition coefficient (Wildman–Crippen LogP) is 4.52. The van der Waals surface area contributed by atoms with Crippen LogP contribution >= 0.6 is 0 Å². The number of amides is 2. The molecule has 208 valence electrons. The molecule has 2 fully saturated rings. The van der Waals surface area contributed by atoms with Crippen LogP contribution in [0.3, 0.4) is 0 Å². The quantitative estimate of drug-likeness (QED) is 0.505. The lowest BCUT2D eigenvalue weighted by molar-refractivity contribution is -0.137. The number of carbonyl (C=O) groups excluding carboxylic acids is 1. The van der Waals surface area contributed by atoms with Crippen molar-refractivity contribution in [2.45, 2.75) is 29.3 Å². The first-order valence-electron chi connectivity index (χ1n) is 12.6. The van der Waals surface area contributed by atoms with Crippen LogP contribution in [0.15, 0.2) is 59.5 Å². The average molecular weight is 563 g/mol. The number of halogens is 3. The minimum atomic E-state index is -4.46. The molecule has 8 nitrogen and oxygen atoms in total. The van der Waals surface area contributed by atoms with Gasteiger partial charge in [0.2, 0.25) is 0 Å². The third-order valence-corrected chi connectivity index (χ3v) is 8.43. The Morgan fingerprint density at radius 2 is 1.69 bits per heavy atom. The Labute approximate surface area is 224 Å². The maximum absolute atomic E-state index is 13.4. The van der Waals surface area contributed by atoms with Crippen molar-refractivity contribution in [2.24, 2.45) is 0 Å². The number of nitrogens with one attached hydrogen (secondary N) is 1. The minimum absolute atomic E-state index is 0.0809. The molecule has 2 atom stereocenters. The molecule has 2 aliphatic heterocycles. The molecule has 2 aliphatic rings. The van der Waals surface area contributed by atoms with Crippen LogP contribution in [0.5, 0.6) is 0 Å². The number of likely N-dealkylation sites (tertiary alicyclic amines) is 1. The highest BCUT2D eigenvalue weighted by atomic mass is 32.2. The molecular formula is C27H29F3N4O4S. The summed E-state index contributed by atoms with van der Waals surface area (Å²) >= 11 is 0. The first-order valence-corrected chi connectivity index (χ1v) is 14.5. The molecule has 2 aromatic carbocycles. The monoisotopic (exact) mass is 562 g/mol. The van der Waals surface area contributed by atoms with E-state index in [-0.39, 0.29) is 22.8 Å². The molecule has 0 saturated carbocycles. The number of hydrogen-bond donors (Lipinski definition) is 1. The summed E-state index contributed by atoms with van der Waals surface area (Å²) in [5.41, 5.74) is 1.62. The average Bonchev–Trinajstić information content (AvgIpc) is 3.43. The number of aromatic amines is 1. The van der Waals surface area contributed by atoms with Crippen molar-refractivity contribution in [1.82, 2.24) is 20.0 Å². The Balaban J connectivity index is 1.43. The lowest BCUT2D eigenvalue weighted by Gasteiger charge is -2.41. The van der Waals surface area contributed by atoms with E-state index in [9.17, 15) is 26.4 Å². The molecular weight excluding hydrogens is 533 g/mol. The highest BCUT2D eigenvalue weighted by molar-refractivity contribution is 7.90. The number of nitrogens with zero attached hydrogens (tertiary/aromatic N) is 3. The van der Waals surface area contributed by atoms with Crippen LogP contribution in [0.2, 0.25) is 0 Å². The van der Waals surface area contributed by atoms with Crippen LogP contribution in [-0.2, 0) is 20.8 Å². The number of carbonyl (C=O) groups is 1. The fourth-order valence-corrected chi connectivity index (χ4v) is 5.84. The Bertz CT molecular complexity index is 1430. The topological polar surface area (TPSA) is 95.6 Å². The molecule has 39 heavy (non-hydrogen) atoms. The molecule has 3 heterocycles. The number of hydrogen-bond acceptors (Lipinski definition) is 5. The third-order valence-electron chi connectivity index (χ3n) is 7.31. The summed E-state index contributed by atoms with van der Waals surface area (Å²) in [6.07, 6.45) is -2.66. The van der Waals surface area contributed by atoms with Crippen LogP contribution in [0.4, 0.5) is 18.0 Å². The summed E-state index contributed by atoms with van der Waals surface area (Å²) in [6.45, 7) is 2.81. The molecule has 0 aliphatic carbocycles. The summed E-state index contributed by atoms with van der Waals surface area (Å²) < 4.78 is 68.9. The highest BCUT2D eigenvalue weighted by Gasteiger charge is 2.35. The molecule has 12 heteroatoms. The zero-order chi connectivity index (χ0) is 27.8. The third kappa shape index (κ3) is 6.11. The van der Waals surface area contributed by atoms with E-state index < -0.39 is 21.6 Å². The van der Waals surface area contributed by atoms with Crippen molar-refractivity contribution in [2.75, 3.05) is 45.6 Å². The number of benzene rings is 2. The van der Waals surface area contributed by atoms with E-state index in [0.717, 1.165) is 29.6 Å². The Hall–Kier alpha value is -3.38. The second-order valence-corrected chi connectivity index (χ2v) is 12.1. The van der Waals surface area contributed by atoms with Crippen LogP contribution in [0.1, 0.15) is 35.1 Å². The highest BCUT2D eigenvalue weighted by Crippen LogP contribution is 2.38. The summed E-state index contributed by atoms with van der Waals surface area (Å²) in [5, 5.41) is 7.28. The molecule has 1 aromatic heterocycles. The maximum Gasteiger partial charge on any atom is 0.416 e. The number of H-pyrrole nitrogens is 1. The SMILES string of the molecule is CS(=O)(=O)c1ccc(C2CC(c3cc(-c4cccc(C(F)(F)F)c4)n[nH]3)CN(C(=O)N3CCOCC3)C2)cc1. The van der Waals surface area contributed by atoms with Gasteiger partial charge in [-0.15, -0.1) is 0 Å². The van der Waals surface area contributed by atoms with Gasteiger partial charge in [-0.25, -0.2) is 13.2 Å². The molecule has 0 spiro atoms. The fraction of sp³-hybridized carbons (Fsp3) is 0.407. The molecule has 1 N–H and O–H groups in total. The van der Waals surface area contributed by atoms with Gasteiger partial charge >= 0.3 is 12.2 Å². The number of rotatable bonds is 4. The van der Waals surface area contributed by atoms with E-state index in [1.54, 1.807) is 46.2 Å². The summed E-state index contributed by atoms with van der Waals surface area (Å²) in [5.74, 6) is -0.238. The van der Waals surface area contributed by atoms with Crippen molar-refractivity contribution in [1.29, 1.82) is 0 Å². The largest absolute Gasteiger partial charge is 0.416 e. The normalized spacial score (nSPS) is 20.7. The summed E-state index contributed by atoms with van der Waals surface area (Å²) in [7, 11) is -3.35. The second kappa shape index (κ2) is 10.6. The Morgan fingerprint density at radius 3 is 2.36 bits per heavy atom. The number of morpholine rings is 1. The van der Waals surface area contributed by atoms with Crippen LogP contribution in [0, 0.1) is 0 Å². The van der Waals surface area contributed by atoms with Crippen LogP contribution < -0.4 is 0 Å². The van der Waals surface area contributed by atoms with Gasteiger partial charge in [0.25, 0.3) is 0 Å². The molecule has 5 rings (SSSR count). The Morgan fingerprint density at radius 1 is 1.00 bits per heavy atom. The maximum atomic E-state index is 13.4. The van der Waals surface area contributed by atoms with E-state index in [4.69, 9.17) is 4.74 Å². The van der Waals surface area contributed by atoms with Crippen molar-refractivity contribution in [3.05, 3.63) is 71.4 Å². The number of piperidine rings is 1. The van der Waals surface area contributed by atoms with Crippen LogP contribution in [-0.4, -0.2) is 80.1 Å². The van der Waals surface area contributed by atoms with E-state index in [0.29, 0.717) is 57.1 Å². The van der Waals surface area contributed by atoms with E-state index in [1.807, 2.05) is 0 Å². The second-order valence-electron chi connectivity index (χ2n) is 10.0. The molecule has 3 aromatic rings. The van der Waals surface area contributed by atoms with Gasteiger partial charge in [-0.1, -0.05) is 24.3 Å². The lowest BCUT2D eigenvalue weighted by Crippen LogP contribution is -2.52. The van der Waals surface area contributed by atoms with Gasteiger partial charge in [-0.2, -0.15) is 18.3 Å². The first-order chi connectivity index (χ1) is 18.5. The van der Waals surface area contributed by atoms with Gasteiger partial charge in [-0.3, -0.25) is 5.10 Å². The number of urea groups is 1. The summed E-state index contributed by atoms with van der Waals surface area (Å²) in [6, 6.07) is 13.4. The smallest absolute Gasteiger partial charge is 0.378 e. The van der Waals surface area contributed by atoms with Crippen molar-refractivity contribution in [3.63, 3.8) is 0 Å². The summed E-state index contributed by atoms with van der Waals surface area (Å²) in [4.78, 5) is 17.2. The lowest BCUT2D eigenvalue weighted by atomic mass is 9.83. The molecule has 0 bridgehead atoms. The number of ether oxygens (including phenoxy) is 1. The van der Waals surface area contributed by atoms with Gasteiger partial charge in [0.15, 0.2) is 9.84 Å². The van der Waals surface area contributed by atoms with Gasteiger partial charge < -0.3 is 14.5 Å². The molecule has 0 radical (unpaired) electrons. The van der Waals surface area contributed by atoms with E-state index >= 15 is 0 Å². The van der Waals surface area contributed by atoms with Gasteiger partial charge in [0, 0.05) is 55.5 Å². The first kappa shape index (κ1) is 27.2. The molecule has 2 amide bonds. The van der Waals surface area contributed by atoms with Crippen molar-refractivity contribution < 1.29 is 31.1 Å².